The van der Waals surface area contributed by atoms with Crippen molar-refractivity contribution in [1.29, 1.82) is 5.26 Å². The van der Waals surface area contributed by atoms with Gasteiger partial charge in [0.05, 0.1) is 11.6 Å². The molecular weight excluding hydrogens is 186 g/mol. The predicted octanol–water partition coefficient (Wildman–Crippen LogP) is 1.11. The minimum absolute atomic E-state index is 0.655. The van der Waals surface area contributed by atoms with Crippen LogP contribution >= 0.6 is 0 Å². The van der Waals surface area contributed by atoms with Crippen LogP contribution in [0.1, 0.15) is 12.0 Å². The molecule has 2 saturated heterocycles. The smallest absolute Gasteiger partial charge is 0.0991 e. The fourth-order valence-electron chi connectivity index (χ4n) is 2.60. The number of hydrogen-bond donors (Lipinski definition) is 1. The molecule has 76 valence electrons. The van der Waals surface area contributed by atoms with Crippen molar-refractivity contribution in [3.8, 4) is 6.07 Å². The van der Waals surface area contributed by atoms with Gasteiger partial charge in [0, 0.05) is 30.9 Å². The molecule has 0 radical (unpaired) electrons. The minimum Gasteiger partial charge on any atom is -0.366 e. The Morgan fingerprint density at radius 3 is 2.67 bits per heavy atom. The normalized spacial score (nSPS) is 28.1. The molecule has 0 saturated carbocycles. The molecule has 3 heteroatoms. The zero-order valence-corrected chi connectivity index (χ0v) is 8.48. The molecule has 2 aliphatic heterocycles. The maximum absolute atomic E-state index is 8.73. The van der Waals surface area contributed by atoms with Crippen LogP contribution in [0.25, 0.3) is 0 Å². The quantitative estimate of drug-likeness (QED) is 0.736. The van der Waals surface area contributed by atoms with Gasteiger partial charge in [0.15, 0.2) is 0 Å². The largest absolute Gasteiger partial charge is 0.366 e. The van der Waals surface area contributed by atoms with Crippen molar-refractivity contribution in [3.63, 3.8) is 0 Å². The summed E-state index contributed by atoms with van der Waals surface area (Å²) in [6.07, 6.45) is 1.26. The number of nitrogens with zero attached hydrogens (tertiary/aromatic N) is 2. The lowest BCUT2D eigenvalue weighted by Crippen LogP contribution is -2.43. The van der Waals surface area contributed by atoms with E-state index in [4.69, 9.17) is 5.26 Å². The number of nitrogens with one attached hydrogen (secondary N) is 1. The SMILES string of the molecule is N#Cc1ccc(N2C[C@@H]3C[C@H]2CN3)cc1. The van der Waals surface area contributed by atoms with E-state index in [0.717, 1.165) is 18.7 Å². The molecule has 0 amide bonds. The number of anilines is 1. The number of rotatable bonds is 1. The Labute approximate surface area is 89.3 Å². The van der Waals surface area contributed by atoms with Crippen LogP contribution in [-0.4, -0.2) is 25.2 Å². The molecule has 1 aromatic rings. The molecule has 2 fully saturated rings. The molecule has 0 aromatic heterocycles. The first-order valence-corrected chi connectivity index (χ1v) is 5.37. The van der Waals surface area contributed by atoms with Gasteiger partial charge in [-0.1, -0.05) is 0 Å². The summed E-state index contributed by atoms with van der Waals surface area (Å²) >= 11 is 0. The van der Waals surface area contributed by atoms with E-state index < -0.39 is 0 Å². The van der Waals surface area contributed by atoms with Crippen LogP contribution in [0.15, 0.2) is 24.3 Å². The fraction of sp³-hybridized carbons (Fsp3) is 0.417. The molecule has 15 heavy (non-hydrogen) atoms. The summed E-state index contributed by atoms with van der Waals surface area (Å²) in [6, 6.07) is 11.4. The Kier molecular flexibility index (Phi) is 1.90. The highest BCUT2D eigenvalue weighted by Crippen LogP contribution is 2.29. The monoisotopic (exact) mass is 199 g/mol. The van der Waals surface area contributed by atoms with Crippen molar-refractivity contribution in [3.05, 3.63) is 29.8 Å². The molecule has 2 bridgehead atoms. The van der Waals surface area contributed by atoms with Crippen molar-refractivity contribution >= 4 is 5.69 Å². The van der Waals surface area contributed by atoms with E-state index in [1.165, 1.54) is 12.1 Å². The van der Waals surface area contributed by atoms with Gasteiger partial charge >= 0.3 is 0 Å². The molecule has 0 unspecified atom stereocenters. The third-order valence-corrected chi connectivity index (χ3v) is 3.38. The molecule has 0 aliphatic carbocycles. The van der Waals surface area contributed by atoms with Crippen molar-refractivity contribution in [1.82, 2.24) is 5.32 Å². The van der Waals surface area contributed by atoms with E-state index in [1.54, 1.807) is 0 Å². The van der Waals surface area contributed by atoms with Crippen LogP contribution < -0.4 is 10.2 Å². The third kappa shape index (κ3) is 1.38. The first-order valence-electron chi connectivity index (χ1n) is 5.37. The lowest BCUT2D eigenvalue weighted by molar-refractivity contribution is 0.580. The average Bonchev–Trinajstić information content (AvgIpc) is 2.91. The molecule has 0 spiro atoms. The summed E-state index contributed by atoms with van der Waals surface area (Å²) in [5.74, 6) is 0. The van der Waals surface area contributed by atoms with E-state index in [9.17, 15) is 0 Å². The average molecular weight is 199 g/mol. The predicted molar refractivity (Wildman–Crippen MR) is 58.7 cm³/mol. The second-order valence-corrected chi connectivity index (χ2v) is 4.31. The van der Waals surface area contributed by atoms with E-state index in [0.29, 0.717) is 12.1 Å². The summed E-state index contributed by atoms with van der Waals surface area (Å²) in [4.78, 5) is 2.45. The number of fused-ring (bicyclic) bond motifs is 2. The van der Waals surface area contributed by atoms with Gasteiger partial charge in [0.1, 0.15) is 0 Å². The zero-order chi connectivity index (χ0) is 10.3. The van der Waals surface area contributed by atoms with E-state index in [-0.39, 0.29) is 0 Å². The second kappa shape index (κ2) is 3.25. The minimum atomic E-state index is 0.655. The summed E-state index contributed by atoms with van der Waals surface area (Å²) in [5, 5.41) is 12.2. The van der Waals surface area contributed by atoms with Gasteiger partial charge < -0.3 is 10.2 Å². The van der Waals surface area contributed by atoms with E-state index >= 15 is 0 Å². The Hall–Kier alpha value is -1.53. The summed E-state index contributed by atoms with van der Waals surface area (Å²) in [7, 11) is 0. The van der Waals surface area contributed by atoms with E-state index in [1.807, 2.05) is 12.1 Å². The van der Waals surface area contributed by atoms with Crippen molar-refractivity contribution in [2.24, 2.45) is 0 Å². The zero-order valence-electron chi connectivity index (χ0n) is 8.48. The standard InChI is InChI=1S/C12H13N3/c13-6-9-1-3-11(4-2-9)15-8-10-5-12(15)7-14-10/h1-4,10,12,14H,5,7-8H2/t10-,12-/m0/s1. The number of nitriles is 1. The molecular formula is C12H13N3. The Bertz CT molecular complexity index is 404. The van der Waals surface area contributed by atoms with Gasteiger partial charge in [-0.05, 0) is 30.7 Å². The van der Waals surface area contributed by atoms with Crippen molar-refractivity contribution in [2.75, 3.05) is 18.0 Å². The van der Waals surface area contributed by atoms with Gasteiger partial charge in [-0.3, -0.25) is 0 Å². The summed E-state index contributed by atoms with van der Waals surface area (Å²) in [6.45, 7) is 2.21. The van der Waals surface area contributed by atoms with Crippen LogP contribution in [0.4, 0.5) is 5.69 Å². The highest BCUT2D eigenvalue weighted by Gasteiger charge is 2.37. The maximum atomic E-state index is 8.73. The van der Waals surface area contributed by atoms with Crippen LogP contribution in [0, 0.1) is 11.3 Å². The molecule has 2 atom stereocenters. The van der Waals surface area contributed by atoms with Gasteiger partial charge in [0.25, 0.3) is 0 Å². The lowest BCUT2D eigenvalue weighted by Gasteiger charge is -2.29. The Morgan fingerprint density at radius 1 is 1.33 bits per heavy atom. The maximum Gasteiger partial charge on any atom is 0.0991 e. The van der Waals surface area contributed by atoms with Crippen LogP contribution in [0.3, 0.4) is 0 Å². The molecule has 1 N–H and O–H groups in total. The number of hydrogen-bond acceptors (Lipinski definition) is 3. The second-order valence-electron chi connectivity index (χ2n) is 4.31. The van der Waals surface area contributed by atoms with Crippen molar-refractivity contribution in [2.45, 2.75) is 18.5 Å². The van der Waals surface area contributed by atoms with Crippen LogP contribution in [0.5, 0.6) is 0 Å². The van der Waals surface area contributed by atoms with Gasteiger partial charge in [0.2, 0.25) is 0 Å². The van der Waals surface area contributed by atoms with Crippen LogP contribution in [-0.2, 0) is 0 Å². The fourth-order valence-corrected chi connectivity index (χ4v) is 2.60. The number of benzene rings is 1. The van der Waals surface area contributed by atoms with Gasteiger partial charge in [-0.2, -0.15) is 5.26 Å². The molecule has 1 aromatic carbocycles. The van der Waals surface area contributed by atoms with Gasteiger partial charge in [-0.15, -0.1) is 0 Å². The Balaban J connectivity index is 1.85. The number of piperazine rings is 1. The van der Waals surface area contributed by atoms with E-state index in [2.05, 4.69) is 28.4 Å². The van der Waals surface area contributed by atoms with Crippen LogP contribution in [0.2, 0.25) is 0 Å². The summed E-state index contributed by atoms with van der Waals surface area (Å²) < 4.78 is 0. The molecule has 3 rings (SSSR count). The summed E-state index contributed by atoms with van der Waals surface area (Å²) in [5.41, 5.74) is 1.99. The highest BCUT2D eigenvalue weighted by molar-refractivity contribution is 5.52. The van der Waals surface area contributed by atoms with Gasteiger partial charge in [-0.25, -0.2) is 0 Å². The lowest BCUT2D eigenvalue weighted by atomic mass is 10.2. The Morgan fingerprint density at radius 2 is 2.13 bits per heavy atom. The molecule has 2 heterocycles. The highest BCUT2D eigenvalue weighted by atomic mass is 15.3. The van der Waals surface area contributed by atoms with Crippen molar-refractivity contribution < 1.29 is 0 Å². The first kappa shape index (κ1) is 8.75. The third-order valence-electron chi connectivity index (χ3n) is 3.38. The molecule has 2 aliphatic rings. The topological polar surface area (TPSA) is 39.1 Å². The molecule has 3 nitrogen and oxygen atoms in total. The first-order chi connectivity index (χ1) is 7.36.